The second-order valence-electron chi connectivity index (χ2n) is 4.51. The number of benzene rings is 1. The molecule has 1 aromatic heterocycles. The van der Waals surface area contributed by atoms with Crippen molar-refractivity contribution in [1.29, 1.82) is 0 Å². The number of nitrogens with one attached hydrogen (secondary N) is 1. The van der Waals surface area contributed by atoms with Gasteiger partial charge in [-0.05, 0) is 24.1 Å². The summed E-state index contributed by atoms with van der Waals surface area (Å²) in [6, 6.07) is 5.91. The number of imidazole rings is 1. The van der Waals surface area contributed by atoms with Crippen LogP contribution < -0.4 is 5.32 Å². The largest absolute Gasteiger partial charge is 0.324 e. The Hall–Kier alpha value is -1.53. The molecule has 19 heavy (non-hydrogen) atoms. The lowest BCUT2D eigenvalue weighted by Gasteiger charge is -2.24. The monoisotopic (exact) mass is 276 g/mol. The van der Waals surface area contributed by atoms with Crippen molar-refractivity contribution in [2.45, 2.75) is 25.5 Å². The van der Waals surface area contributed by atoms with Gasteiger partial charge >= 0.3 is 0 Å². The standard InChI is InChI=1S/C13H16N4OS/c1-3-16-7-8-17-11-6-4-5-10(14-9(2)18)12(11)15-13(17)19-16/h4-6H,3,7-8H2,1-2H3,(H,14,18). The van der Waals surface area contributed by atoms with Crippen LogP contribution in [0.1, 0.15) is 13.8 Å². The molecule has 0 radical (unpaired) electrons. The molecule has 2 aromatic rings. The van der Waals surface area contributed by atoms with Crippen LogP contribution in [0.3, 0.4) is 0 Å². The van der Waals surface area contributed by atoms with E-state index < -0.39 is 0 Å². The first-order valence-corrected chi connectivity index (χ1v) is 7.16. The van der Waals surface area contributed by atoms with Gasteiger partial charge in [0, 0.05) is 26.6 Å². The van der Waals surface area contributed by atoms with E-state index in [1.807, 2.05) is 12.1 Å². The number of hydrogen-bond acceptors (Lipinski definition) is 4. The molecule has 2 heterocycles. The molecule has 1 N–H and O–H groups in total. The van der Waals surface area contributed by atoms with Gasteiger partial charge in [0.1, 0.15) is 5.52 Å². The Balaban J connectivity index is 2.09. The average molecular weight is 276 g/mol. The Kier molecular flexibility index (Phi) is 3.20. The van der Waals surface area contributed by atoms with Crippen LogP contribution in [-0.2, 0) is 11.3 Å². The number of fused-ring (bicyclic) bond motifs is 3. The highest BCUT2D eigenvalue weighted by Gasteiger charge is 2.21. The van der Waals surface area contributed by atoms with Gasteiger partial charge in [-0.25, -0.2) is 9.29 Å². The number of amides is 1. The maximum atomic E-state index is 11.2. The Labute approximate surface area is 116 Å². The fourth-order valence-corrected chi connectivity index (χ4v) is 3.25. The summed E-state index contributed by atoms with van der Waals surface area (Å²) >= 11 is 1.68. The molecule has 1 aliphatic heterocycles. The molecule has 0 bridgehead atoms. The maximum absolute atomic E-state index is 11.2. The molecule has 0 atom stereocenters. The molecule has 100 valence electrons. The molecule has 0 aliphatic carbocycles. The van der Waals surface area contributed by atoms with Crippen molar-refractivity contribution >= 4 is 34.6 Å². The topological polar surface area (TPSA) is 50.2 Å². The summed E-state index contributed by atoms with van der Waals surface area (Å²) in [5.74, 6) is -0.0682. The molecule has 0 unspecified atom stereocenters. The number of nitrogens with zero attached hydrogens (tertiary/aromatic N) is 3. The van der Waals surface area contributed by atoms with Gasteiger partial charge < -0.3 is 9.88 Å². The molecular formula is C13H16N4OS. The van der Waals surface area contributed by atoms with Gasteiger partial charge in [-0.3, -0.25) is 4.79 Å². The zero-order chi connectivity index (χ0) is 13.4. The summed E-state index contributed by atoms with van der Waals surface area (Å²) in [4.78, 5) is 15.9. The van der Waals surface area contributed by atoms with Crippen LogP contribution in [0.4, 0.5) is 5.69 Å². The molecule has 0 spiro atoms. The summed E-state index contributed by atoms with van der Waals surface area (Å²) in [5.41, 5.74) is 2.75. The third-order valence-electron chi connectivity index (χ3n) is 3.19. The number of carbonyl (C=O) groups is 1. The number of hydrogen-bond donors (Lipinski definition) is 1. The van der Waals surface area contributed by atoms with Crippen molar-refractivity contribution in [3.05, 3.63) is 18.2 Å². The van der Waals surface area contributed by atoms with E-state index >= 15 is 0 Å². The molecular weight excluding hydrogens is 260 g/mol. The van der Waals surface area contributed by atoms with Crippen LogP contribution in [-0.4, -0.2) is 32.9 Å². The van der Waals surface area contributed by atoms with Crippen molar-refractivity contribution in [1.82, 2.24) is 13.9 Å². The van der Waals surface area contributed by atoms with Crippen molar-refractivity contribution in [3.8, 4) is 0 Å². The van der Waals surface area contributed by atoms with Crippen molar-refractivity contribution in [3.63, 3.8) is 0 Å². The maximum Gasteiger partial charge on any atom is 0.221 e. The number of rotatable bonds is 2. The number of aromatic nitrogens is 2. The highest BCUT2D eigenvalue weighted by atomic mass is 32.2. The van der Waals surface area contributed by atoms with Crippen LogP contribution in [0, 0.1) is 0 Å². The van der Waals surface area contributed by atoms with Crippen LogP contribution in [0.5, 0.6) is 0 Å². The molecule has 1 aliphatic rings. The second kappa shape index (κ2) is 4.86. The zero-order valence-corrected chi connectivity index (χ0v) is 11.8. The Morgan fingerprint density at radius 3 is 3.05 bits per heavy atom. The highest BCUT2D eigenvalue weighted by Crippen LogP contribution is 2.33. The van der Waals surface area contributed by atoms with Crippen LogP contribution in [0.25, 0.3) is 11.0 Å². The Morgan fingerprint density at radius 2 is 2.32 bits per heavy atom. The van der Waals surface area contributed by atoms with Gasteiger partial charge in [-0.2, -0.15) is 0 Å². The van der Waals surface area contributed by atoms with Gasteiger partial charge in [0.05, 0.1) is 11.2 Å². The van der Waals surface area contributed by atoms with E-state index in [1.54, 1.807) is 11.9 Å². The molecule has 5 nitrogen and oxygen atoms in total. The van der Waals surface area contributed by atoms with E-state index in [-0.39, 0.29) is 5.91 Å². The fraction of sp³-hybridized carbons (Fsp3) is 0.385. The third kappa shape index (κ3) is 2.21. The lowest BCUT2D eigenvalue weighted by molar-refractivity contribution is -0.114. The number of carbonyl (C=O) groups excluding carboxylic acids is 1. The number of anilines is 1. The van der Waals surface area contributed by atoms with E-state index in [2.05, 4.69) is 32.2 Å². The first-order chi connectivity index (χ1) is 9.19. The van der Waals surface area contributed by atoms with Crippen LogP contribution in [0.15, 0.2) is 23.4 Å². The summed E-state index contributed by atoms with van der Waals surface area (Å²) in [5, 5.41) is 3.85. The normalized spacial score (nSPS) is 15.5. The number of likely N-dealkylation sites (N-methyl/N-ethyl adjacent to an activating group) is 1. The minimum Gasteiger partial charge on any atom is -0.324 e. The Bertz CT molecular complexity index is 637. The predicted octanol–water partition coefficient (Wildman–Crippen LogP) is 2.34. The molecule has 1 aromatic carbocycles. The lowest BCUT2D eigenvalue weighted by atomic mass is 10.2. The summed E-state index contributed by atoms with van der Waals surface area (Å²) in [6.45, 7) is 6.63. The lowest BCUT2D eigenvalue weighted by Crippen LogP contribution is -2.26. The van der Waals surface area contributed by atoms with Crippen LogP contribution >= 0.6 is 11.9 Å². The van der Waals surface area contributed by atoms with Gasteiger partial charge in [0.2, 0.25) is 5.91 Å². The predicted molar refractivity (Wildman–Crippen MR) is 77.1 cm³/mol. The molecule has 0 saturated carbocycles. The van der Waals surface area contributed by atoms with E-state index in [1.165, 1.54) is 6.92 Å². The number of para-hydroxylation sites is 1. The summed E-state index contributed by atoms with van der Waals surface area (Å²) in [7, 11) is 0. The van der Waals surface area contributed by atoms with Gasteiger partial charge in [0.15, 0.2) is 5.16 Å². The SMILES string of the molecule is CCN1CCn2c(nc3c(NC(C)=O)cccc32)S1. The average Bonchev–Trinajstić information content (AvgIpc) is 2.77. The third-order valence-corrected chi connectivity index (χ3v) is 4.36. The summed E-state index contributed by atoms with van der Waals surface area (Å²) in [6.07, 6.45) is 0. The smallest absolute Gasteiger partial charge is 0.221 e. The van der Waals surface area contributed by atoms with Gasteiger partial charge in [0.25, 0.3) is 0 Å². The first kappa shape index (κ1) is 12.5. The molecule has 0 fully saturated rings. The van der Waals surface area contributed by atoms with Gasteiger partial charge in [-0.15, -0.1) is 0 Å². The van der Waals surface area contributed by atoms with Crippen LogP contribution in [0.2, 0.25) is 0 Å². The molecule has 3 rings (SSSR count). The molecule has 1 amide bonds. The van der Waals surface area contributed by atoms with E-state index in [4.69, 9.17) is 0 Å². The second-order valence-corrected chi connectivity index (χ2v) is 5.58. The first-order valence-electron chi connectivity index (χ1n) is 6.39. The van der Waals surface area contributed by atoms with Crippen molar-refractivity contribution < 1.29 is 4.79 Å². The zero-order valence-electron chi connectivity index (χ0n) is 11.0. The summed E-state index contributed by atoms with van der Waals surface area (Å²) < 4.78 is 4.51. The van der Waals surface area contributed by atoms with E-state index in [0.717, 1.165) is 41.5 Å². The van der Waals surface area contributed by atoms with Crippen molar-refractivity contribution in [2.75, 3.05) is 18.4 Å². The Morgan fingerprint density at radius 1 is 1.47 bits per heavy atom. The van der Waals surface area contributed by atoms with Crippen molar-refractivity contribution in [2.24, 2.45) is 0 Å². The van der Waals surface area contributed by atoms with E-state index in [0.29, 0.717) is 0 Å². The minimum absolute atomic E-state index is 0.0682. The molecule has 6 heteroatoms. The van der Waals surface area contributed by atoms with E-state index in [9.17, 15) is 4.79 Å². The quantitative estimate of drug-likeness (QED) is 0.855. The van der Waals surface area contributed by atoms with Gasteiger partial charge in [-0.1, -0.05) is 13.0 Å². The fourth-order valence-electron chi connectivity index (χ4n) is 2.30. The minimum atomic E-state index is -0.0682. The molecule has 0 saturated heterocycles. The highest BCUT2D eigenvalue weighted by molar-refractivity contribution is 7.96.